The van der Waals surface area contributed by atoms with Gasteiger partial charge in [-0.1, -0.05) is 59.8 Å². The molecule has 182 valence electrons. The number of hydrogen-bond acceptors (Lipinski definition) is 6. The molecular formula is C26H29N5O3S. The molecule has 0 aliphatic rings. The third kappa shape index (κ3) is 5.40. The first-order valence-corrected chi connectivity index (χ1v) is 12.4. The zero-order valence-corrected chi connectivity index (χ0v) is 21.2. The van der Waals surface area contributed by atoms with Gasteiger partial charge in [0.2, 0.25) is 5.91 Å². The van der Waals surface area contributed by atoms with Gasteiger partial charge in [-0.3, -0.25) is 18.8 Å². The number of aromatic nitrogens is 4. The fraction of sp³-hybridized carbons (Fsp3) is 0.308. The van der Waals surface area contributed by atoms with Gasteiger partial charge in [0.05, 0.1) is 25.1 Å². The number of carbonyl (C=O) groups is 1. The summed E-state index contributed by atoms with van der Waals surface area (Å²) in [6.45, 7) is 7.09. The molecule has 0 aliphatic carbocycles. The predicted molar refractivity (Wildman–Crippen MR) is 138 cm³/mol. The molecule has 8 nitrogen and oxygen atoms in total. The van der Waals surface area contributed by atoms with E-state index in [1.54, 1.807) is 16.4 Å². The van der Waals surface area contributed by atoms with Gasteiger partial charge in [0.1, 0.15) is 11.3 Å². The van der Waals surface area contributed by atoms with Crippen LogP contribution in [0.3, 0.4) is 0 Å². The number of nitrogens with zero attached hydrogens (tertiary/aromatic N) is 4. The number of thioether (sulfide) groups is 1. The molecule has 4 aromatic rings. The van der Waals surface area contributed by atoms with Crippen LogP contribution in [0.15, 0.2) is 58.5 Å². The monoisotopic (exact) mass is 491 g/mol. The molecule has 2 aromatic carbocycles. The van der Waals surface area contributed by atoms with Crippen molar-refractivity contribution in [2.24, 2.45) is 0 Å². The standard InChI is InChI=1S/C26H29N5O3S/c1-5-31-24-23(18(3)29-31)28-26(30(25(24)33)15-20-8-6-7-9-21(20)34-4)35-16-22(32)27-14-19-12-10-17(2)11-13-19/h6-13H,5,14-16H2,1-4H3,(H,27,32). The first-order valence-electron chi connectivity index (χ1n) is 11.5. The number of benzene rings is 2. The second-order valence-electron chi connectivity index (χ2n) is 8.25. The topological polar surface area (TPSA) is 91.0 Å². The fourth-order valence-electron chi connectivity index (χ4n) is 3.86. The minimum Gasteiger partial charge on any atom is -0.496 e. The van der Waals surface area contributed by atoms with Crippen molar-refractivity contribution in [1.82, 2.24) is 24.6 Å². The van der Waals surface area contributed by atoms with Crippen LogP contribution in [0.25, 0.3) is 11.0 Å². The highest BCUT2D eigenvalue weighted by Crippen LogP contribution is 2.24. The summed E-state index contributed by atoms with van der Waals surface area (Å²) in [4.78, 5) is 31.0. The number of aryl methyl sites for hydroxylation is 3. The number of nitrogens with one attached hydrogen (secondary N) is 1. The molecule has 0 saturated heterocycles. The van der Waals surface area contributed by atoms with Gasteiger partial charge in [0.25, 0.3) is 5.56 Å². The summed E-state index contributed by atoms with van der Waals surface area (Å²) in [5.41, 5.74) is 4.59. The Kier molecular flexibility index (Phi) is 7.55. The highest BCUT2D eigenvalue weighted by atomic mass is 32.2. The van der Waals surface area contributed by atoms with E-state index in [0.717, 1.165) is 11.1 Å². The van der Waals surface area contributed by atoms with E-state index in [0.29, 0.717) is 40.7 Å². The highest BCUT2D eigenvalue weighted by molar-refractivity contribution is 7.99. The number of ether oxygens (including phenoxy) is 1. The predicted octanol–water partition coefficient (Wildman–Crippen LogP) is 3.70. The van der Waals surface area contributed by atoms with Gasteiger partial charge in [0, 0.05) is 18.7 Å². The van der Waals surface area contributed by atoms with Crippen molar-refractivity contribution in [1.29, 1.82) is 0 Å². The zero-order chi connectivity index (χ0) is 24.9. The minimum absolute atomic E-state index is 0.130. The molecule has 1 amide bonds. The van der Waals surface area contributed by atoms with Gasteiger partial charge in [-0.15, -0.1) is 0 Å². The largest absolute Gasteiger partial charge is 0.496 e. The quantitative estimate of drug-likeness (QED) is 0.284. The number of amides is 1. The number of rotatable bonds is 9. The van der Waals surface area contributed by atoms with Crippen molar-refractivity contribution in [2.45, 2.75) is 45.6 Å². The Balaban J connectivity index is 1.63. The number of methoxy groups -OCH3 is 1. The van der Waals surface area contributed by atoms with E-state index in [9.17, 15) is 9.59 Å². The summed E-state index contributed by atoms with van der Waals surface area (Å²) in [5, 5.41) is 7.90. The van der Waals surface area contributed by atoms with Crippen molar-refractivity contribution >= 4 is 28.7 Å². The van der Waals surface area contributed by atoms with Crippen LogP contribution < -0.4 is 15.6 Å². The van der Waals surface area contributed by atoms with Crippen LogP contribution in [0.1, 0.15) is 29.3 Å². The molecule has 35 heavy (non-hydrogen) atoms. The molecule has 0 spiro atoms. The maximum atomic E-state index is 13.6. The summed E-state index contributed by atoms with van der Waals surface area (Å²) in [6, 6.07) is 15.6. The molecule has 0 atom stereocenters. The van der Waals surface area contributed by atoms with Gasteiger partial charge < -0.3 is 10.1 Å². The summed E-state index contributed by atoms with van der Waals surface area (Å²) in [6.07, 6.45) is 0. The second kappa shape index (κ2) is 10.8. The minimum atomic E-state index is -0.189. The Labute approximate surface area is 208 Å². The van der Waals surface area contributed by atoms with Crippen molar-refractivity contribution in [3.8, 4) is 5.75 Å². The van der Waals surface area contributed by atoms with Crippen LogP contribution >= 0.6 is 11.8 Å². The Bertz CT molecular complexity index is 1410. The molecule has 0 fully saturated rings. The van der Waals surface area contributed by atoms with Crippen LogP contribution in [0.5, 0.6) is 5.75 Å². The Morgan fingerprint density at radius 3 is 2.57 bits per heavy atom. The molecule has 2 aromatic heterocycles. The van der Waals surface area contributed by atoms with Gasteiger partial charge in [0.15, 0.2) is 10.7 Å². The lowest BCUT2D eigenvalue weighted by Gasteiger charge is -2.14. The van der Waals surface area contributed by atoms with Crippen LogP contribution in [0.2, 0.25) is 0 Å². The Morgan fingerprint density at radius 1 is 1.11 bits per heavy atom. The molecular weight excluding hydrogens is 462 g/mol. The first-order chi connectivity index (χ1) is 16.9. The molecule has 4 rings (SSSR count). The number of hydrogen-bond donors (Lipinski definition) is 1. The number of carbonyl (C=O) groups excluding carboxylic acids is 1. The van der Waals surface area contributed by atoms with E-state index in [4.69, 9.17) is 9.72 Å². The van der Waals surface area contributed by atoms with E-state index in [1.807, 2.05) is 69.3 Å². The highest BCUT2D eigenvalue weighted by Gasteiger charge is 2.20. The van der Waals surface area contributed by atoms with Crippen LogP contribution in [0.4, 0.5) is 0 Å². The Morgan fingerprint density at radius 2 is 1.86 bits per heavy atom. The molecule has 0 saturated carbocycles. The lowest BCUT2D eigenvalue weighted by atomic mass is 10.1. The van der Waals surface area contributed by atoms with Crippen molar-refractivity contribution in [2.75, 3.05) is 12.9 Å². The van der Waals surface area contributed by atoms with E-state index >= 15 is 0 Å². The normalized spacial score (nSPS) is 11.1. The summed E-state index contributed by atoms with van der Waals surface area (Å²) >= 11 is 1.24. The maximum absolute atomic E-state index is 13.6. The summed E-state index contributed by atoms with van der Waals surface area (Å²) < 4.78 is 8.77. The van der Waals surface area contributed by atoms with Gasteiger partial charge >= 0.3 is 0 Å². The molecule has 0 unspecified atom stereocenters. The van der Waals surface area contributed by atoms with E-state index in [1.165, 1.54) is 17.3 Å². The molecule has 1 N–H and O–H groups in total. The van der Waals surface area contributed by atoms with E-state index in [-0.39, 0.29) is 23.8 Å². The molecule has 9 heteroatoms. The third-order valence-corrected chi connectivity index (χ3v) is 6.72. The second-order valence-corrected chi connectivity index (χ2v) is 9.19. The van der Waals surface area contributed by atoms with Crippen LogP contribution in [-0.4, -0.2) is 38.1 Å². The van der Waals surface area contributed by atoms with Gasteiger partial charge in [-0.2, -0.15) is 5.10 Å². The van der Waals surface area contributed by atoms with Crippen molar-refractivity contribution in [3.05, 3.63) is 81.3 Å². The van der Waals surface area contributed by atoms with Crippen molar-refractivity contribution in [3.63, 3.8) is 0 Å². The maximum Gasteiger partial charge on any atom is 0.280 e. The summed E-state index contributed by atoms with van der Waals surface area (Å²) in [7, 11) is 1.60. The lowest BCUT2D eigenvalue weighted by molar-refractivity contribution is -0.118. The molecule has 0 bridgehead atoms. The Hall–Kier alpha value is -3.59. The van der Waals surface area contributed by atoms with Crippen LogP contribution in [-0.2, 0) is 24.4 Å². The van der Waals surface area contributed by atoms with E-state index < -0.39 is 0 Å². The average molecular weight is 492 g/mol. The van der Waals surface area contributed by atoms with Crippen LogP contribution in [0, 0.1) is 13.8 Å². The van der Waals surface area contributed by atoms with Gasteiger partial charge in [-0.05, 0) is 32.4 Å². The smallest absolute Gasteiger partial charge is 0.280 e. The molecule has 0 radical (unpaired) electrons. The van der Waals surface area contributed by atoms with Gasteiger partial charge in [-0.25, -0.2) is 4.98 Å². The summed E-state index contributed by atoms with van der Waals surface area (Å²) in [5.74, 6) is 0.692. The number of fused-ring (bicyclic) bond motifs is 1. The first kappa shape index (κ1) is 24.5. The number of para-hydroxylation sites is 1. The van der Waals surface area contributed by atoms with E-state index in [2.05, 4.69) is 10.4 Å². The fourth-order valence-corrected chi connectivity index (χ4v) is 4.68. The third-order valence-electron chi connectivity index (χ3n) is 5.75. The lowest BCUT2D eigenvalue weighted by Crippen LogP contribution is -2.28. The zero-order valence-electron chi connectivity index (χ0n) is 20.4. The van der Waals surface area contributed by atoms with Crippen molar-refractivity contribution < 1.29 is 9.53 Å². The molecule has 2 heterocycles. The average Bonchev–Trinajstić information content (AvgIpc) is 3.20. The SMILES string of the molecule is CCn1nc(C)c2nc(SCC(=O)NCc3ccc(C)cc3)n(Cc3ccccc3OC)c(=O)c21. The molecule has 0 aliphatic heterocycles.